The van der Waals surface area contributed by atoms with Gasteiger partial charge in [0.1, 0.15) is 5.75 Å². The summed E-state index contributed by atoms with van der Waals surface area (Å²) in [6, 6.07) is 7.68. The van der Waals surface area contributed by atoms with Crippen molar-refractivity contribution in [1.29, 1.82) is 0 Å². The maximum absolute atomic E-state index is 5.71. The van der Waals surface area contributed by atoms with Crippen molar-refractivity contribution in [2.75, 3.05) is 31.6 Å². The number of ether oxygens (including phenoxy) is 1. The molecule has 2 rings (SSSR count). The van der Waals surface area contributed by atoms with Gasteiger partial charge in [0.15, 0.2) is 5.11 Å². The maximum atomic E-state index is 5.71. The number of thiocarbonyl (C=S) groups is 1. The summed E-state index contributed by atoms with van der Waals surface area (Å²) in [5, 5.41) is 3.16. The molecule has 5 heteroatoms. The Morgan fingerprint density at radius 1 is 1.26 bits per heavy atom. The number of likely N-dealkylation sites (tertiary alicyclic amines) is 1. The van der Waals surface area contributed by atoms with Gasteiger partial charge in [-0.1, -0.05) is 0 Å². The second-order valence-corrected chi connectivity index (χ2v) is 5.20. The Kier molecular flexibility index (Phi) is 5.42. The molecule has 0 aromatic heterocycles. The predicted molar refractivity (Wildman–Crippen MR) is 82.6 cm³/mol. The molecule has 0 radical (unpaired) electrons. The lowest BCUT2D eigenvalue weighted by molar-refractivity contribution is 0.263. The lowest BCUT2D eigenvalue weighted by Crippen LogP contribution is -2.21. The molecule has 1 fully saturated rings. The van der Waals surface area contributed by atoms with E-state index in [0.29, 0.717) is 0 Å². The average Bonchev–Trinajstić information content (AvgIpc) is 2.89. The summed E-state index contributed by atoms with van der Waals surface area (Å²) in [6.07, 6.45) is 3.77. The summed E-state index contributed by atoms with van der Waals surface area (Å²) in [5.74, 6) is 0.884. The number of hydrogen-bond acceptors (Lipinski definition) is 3. The molecule has 4 nitrogen and oxygen atoms in total. The first kappa shape index (κ1) is 14.1. The fraction of sp³-hybridized carbons (Fsp3) is 0.500. The van der Waals surface area contributed by atoms with Crippen LogP contribution in [0.1, 0.15) is 19.3 Å². The van der Waals surface area contributed by atoms with E-state index in [-0.39, 0.29) is 5.11 Å². The SMILES string of the molecule is NC(=S)Nc1ccc(OCCCN2CCCC2)cc1. The zero-order valence-electron chi connectivity index (χ0n) is 11.1. The molecule has 19 heavy (non-hydrogen) atoms. The van der Waals surface area contributed by atoms with Gasteiger partial charge in [-0.3, -0.25) is 0 Å². The van der Waals surface area contributed by atoms with Crippen molar-refractivity contribution >= 4 is 23.0 Å². The zero-order chi connectivity index (χ0) is 13.5. The van der Waals surface area contributed by atoms with Gasteiger partial charge >= 0.3 is 0 Å². The van der Waals surface area contributed by atoms with Crippen molar-refractivity contribution < 1.29 is 4.74 Å². The van der Waals surface area contributed by atoms with Gasteiger partial charge in [0, 0.05) is 12.2 Å². The van der Waals surface area contributed by atoms with Gasteiger partial charge in [-0.25, -0.2) is 0 Å². The molecular weight excluding hydrogens is 258 g/mol. The van der Waals surface area contributed by atoms with Crippen molar-refractivity contribution in [1.82, 2.24) is 4.90 Å². The second kappa shape index (κ2) is 7.31. The van der Waals surface area contributed by atoms with E-state index in [0.717, 1.165) is 31.0 Å². The third-order valence-electron chi connectivity index (χ3n) is 3.21. The Morgan fingerprint density at radius 3 is 2.58 bits per heavy atom. The number of rotatable bonds is 6. The van der Waals surface area contributed by atoms with Crippen LogP contribution in [0.25, 0.3) is 0 Å². The molecule has 3 N–H and O–H groups in total. The minimum atomic E-state index is 0.277. The van der Waals surface area contributed by atoms with Crippen molar-refractivity contribution in [3.63, 3.8) is 0 Å². The van der Waals surface area contributed by atoms with Crippen molar-refractivity contribution in [3.8, 4) is 5.75 Å². The summed E-state index contributed by atoms with van der Waals surface area (Å²) >= 11 is 4.78. The highest BCUT2D eigenvalue weighted by atomic mass is 32.1. The van der Waals surface area contributed by atoms with Crippen LogP contribution >= 0.6 is 12.2 Å². The van der Waals surface area contributed by atoms with Gasteiger partial charge in [-0.15, -0.1) is 0 Å². The fourth-order valence-corrected chi connectivity index (χ4v) is 2.38. The van der Waals surface area contributed by atoms with Crippen LogP contribution < -0.4 is 15.8 Å². The summed E-state index contributed by atoms with van der Waals surface area (Å²) in [4.78, 5) is 2.50. The number of benzene rings is 1. The molecule has 104 valence electrons. The van der Waals surface area contributed by atoms with Crippen LogP contribution in [0.4, 0.5) is 5.69 Å². The molecular formula is C14H21N3OS. The summed E-state index contributed by atoms with van der Waals surface area (Å²) in [6.45, 7) is 4.40. The summed E-state index contributed by atoms with van der Waals surface area (Å²) in [7, 11) is 0. The van der Waals surface area contributed by atoms with E-state index in [9.17, 15) is 0 Å². The van der Waals surface area contributed by atoms with Crippen LogP contribution in [0.5, 0.6) is 5.75 Å². The summed E-state index contributed by atoms with van der Waals surface area (Å²) in [5.41, 5.74) is 6.29. The molecule has 1 aromatic rings. The molecule has 1 saturated heterocycles. The van der Waals surface area contributed by atoms with Crippen LogP contribution in [0, 0.1) is 0 Å². The highest BCUT2D eigenvalue weighted by Crippen LogP contribution is 2.16. The van der Waals surface area contributed by atoms with Crippen LogP contribution in [0.2, 0.25) is 0 Å². The predicted octanol–water partition coefficient (Wildman–Crippen LogP) is 2.21. The monoisotopic (exact) mass is 279 g/mol. The normalized spacial score (nSPS) is 15.4. The number of nitrogens with zero attached hydrogens (tertiary/aromatic N) is 1. The van der Waals surface area contributed by atoms with E-state index in [1.165, 1.54) is 25.9 Å². The number of anilines is 1. The van der Waals surface area contributed by atoms with E-state index in [1.54, 1.807) is 0 Å². The minimum absolute atomic E-state index is 0.277. The molecule has 0 atom stereocenters. The van der Waals surface area contributed by atoms with E-state index < -0.39 is 0 Å². The van der Waals surface area contributed by atoms with E-state index in [2.05, 4.69) is 10.2 Å². The lowest BCUT2D eigenvalue weighted by Gasteiger charge is -2.14. The van der Waals surface area contributed by atoms with Crippen molar-refractivity contribution in [3.05, 3.63) is 24.3 Å². The smallest absolute Gasteiger partial charge is 0.168 e. The van der Waals surface area contributed by atoms with Gasteiger partial charge < -0.3 is 20.7 Å². The lowest BCUT2D eigenvalue weighted by atomic mass is 10.3. The fourth-order valence-electron chi connectivity index (χ4n) is 2.26. The van der Waals surface area contributed by atoms with Crippen LogP contribution in [0.15, 0.2) is 24.3 Å². The standard InChI is InChI=1S/C14H21N3OS/c15-14(19)16-12-4-6-13(7-5-12)18-11-3-10-17-8-1-2-9-17/h4-7H,1-3,8-11H2,(H3,15,16,19). The first-order valence-electron chi connectivity index (χ1n) is 6.76. The van der Waals surface area contributed by atoms with Gasteiger partial charge in [-0.05, 0) is 68.8 Å². The molecule has 1 aromatic carbocycles. The van der Waals surface area contributed by atoms with Gasteiger partial charge in [0.05, 0.1) is 6.61 Å². The molecule has 0 amide bonds. The first-order chi connectivity index (χ1) is 9.24. The van der Waals surface area contributed by atoms with Crippen LogP contribution in [0.3, 0.4) is 0 Å². The van der Waals surface area contributed by atoms with Gasteiger partial charge in [0.25, 0.3) is 0 Å². The third-order valence-corrected chi connectivity index (χ3v) is 3.31. The van der Waals surface area contributed by atoms with E-state index >= 15 is 0 Å². The van der Waals surface area contributed by atoms with Crippen molar-refractivity contribution in [2.24, 2.45) is 5.73 Å². The Hall–Kier alpha value is -1.33. The van der Waals surface area contributed by atoms with Gasteiger partial charge in [0.2, 0.25) is 0 Å². The molecule has 1 heterocycles. The molecule has 0 aliphatic carbocycles. The Morgan fingerprint density at radius 2 is 1.95 bits per heavy atom. The summed E-state index contributed by atoms with van der Waals surface area (Å²) < 4.78 is 5.71. The van der Waals surface area contributed by atoms with Gasteiger partial charge in [-0.2, -0.15) is 0 Å². The molecule has 0 bridgehead atoms. The Balaban J connectivity index is 1.66. The molecule has 0 unspecified atom stereocenters. The number of nitrogens with one attached hydrogen (secondary N) is 1. The average molecular weight is 279 g/mol. The number of hydrogen-bond donors (Lipinski definition) is 2. The maximum Gasteiger partial charge on any atom is 0.168 e. The molecule has 0 saturated carbocycles. The largest absolute Gasteiger partial charge is 0.494 e. The Labute approximate surface area is 119 Å². The van der Waals surface area contributed by atoms with E-state index in [4.69, 9.17) is 22.7 Å². The Bertz CT molecular complexity index is 402. The number of nitrogens with two attached hydrogens (primary N) is 1. The van der Waals surface area contributed by atoms with Crippen molar-refractivity contribution in [2.45, 2.75) is 19.3 Å². The molecule has 1 aliphatic heterocycles. The minimum Gasteiger partial charge on any atom is -0.494 e. The zero-order valence-corrected chi connectivity index (χ0v) is 11.9. The van der Waals surface area contributed by atoms with Crippen LogP contribution in [-0.4, -0.2) is 36.3 Å². The molecule has 1 aliphatic rings. The highest BCUT2D eigenvalue weighted by molar-refractivity contribution is 7.80. The molecule has 0 spiro atoms. The topological polar surface area (TPSA) is 50.5 Å². The quantitative estimate of drug-likeness (QED) is 0.617. The second-order valence-electron chi connectivity index (χ2n) is 4.76. The highest BCUT2D eigenvalue weighted by Gasteiger charge is 2.10. The third kappa shape index (κ3) is 5.04. The van der Waals surface area contributed by atoms with Crippen LogP contribution in [-0.2, 0) is 0 Å². The first-order valence-corrected chi connectivity index (χ1v) is 7.16. The van der Waals surface area contributed by atoms with E-state index in [1.807, 2.05) is 24.3 Å².